The van der Waals surface area contributed by atoms with Gasteiger partial charge in [0.25, 0.3) is 0 Å². The zero-order valence-corrected chi connectivity index (χ0v) is 20.3. The first kappa shape index (κ1) is 22.4. The van der Waals surface area contributed by atoms with E-state index < -0.39 is 6.10 Å². The summed E-state index contributed by atoms with van der Waals surface area (Å²) in [7, 11) is 1.63. The predicted molar refractivity (Wildman–Crippen MR) is 131 cm³/mol. The maximum absolute atomic E-state index is 10.00. The van der Waals surface area contributed by atoms with E-state index in [1.807, 2.05) is 42.9 Å². The molecule has 1 aliphatic heterocycles. The molecule has 0 radical (unpaired) electrons. The highest BCUT2D eigenvalue weighted by atomic mass is 16.5. The zero-order valence-electron chi connectivity index (χ0n) is 20.3. The van der Waals surface area contributed by atoms with Gasteiger partial charge >= 0.3 is 0 Å². The second-order valence-corrected chi connectivity index (χ2v) is 9.56. The summed E-state index contributed by atoms with van der Waals surface area (Å²) in [5.41, 5.74) is 9.73. The number of hydrogen-bond acceptors (Lipinski definition) is 8. The van der Waals surface area contributed by atoms with Gasteiger partial charge in [-0.15, -0.1) is 5.10 Å². The lowest BCUT2D eigenvalue weighted by Gasteiger charge is -2.36. The molecule has 1 saturated heterocycles. The molecule has 0 bridgehead atoms. The minimum atomic E-state index is -0.476. The van der Waals surface area contributed by atoms with E-state index in [9.17, 15) is 5.11 Å². The molecule has 4 heterocycles. The highest BCUT2D eigenvalue weighted by molar-refractivity contribution is 5.93. The molecule has 4 atom stereocenters. The van der Waals surface area contributed by atoms with Crippen molar-refractivity contribution in [3.05, 3.63) is 35.9 Å². The molecule has 10 nitrogen and oxygen atoms in total. The lowest BCUT2D eigenvalue weighted by Crippen LogP contribution is -2.39. The van der Waals surface area contributed by atoms with Crippen LogP contribution in [0.5, 0.6) is 5.75 Å². The minimum absolute atomic E-state index is 0.0899. The van der Waals surface area contributed by atoms with Crippen LogP contribution in [0, 0.1) is 12.8 Å². The molecule has 1 aromatic carbocycles. The predicted octanol–water partition coefficient (Wildman–Crippen LogP) is 2.95. The van der Waals surface area contributed by atoms with Crippen LogP contribution < -0.4 is 15.4 Å². The van der Waals surface area contributed by atoms with Gasteiger partial charge in [-0.25, -0.2) is 9.97 Å². The normalized spacial score (nSPS) is 20.7. The van der Waals surface area contributed by atoms with Gasteiger partial charge in [-0.3, -0.25) is 4.68 Å². The molecule has 180 valence electrons. The van der Waals surface area contributed by atoms with E-state index in [-0.39, 0.29) is 12.0 Å². The molecule has 0 unspecified atom stereocenters. The van der Waals surface area contributed by atoms with E-state index in [0.29, 0.717) is 17.5 Å². The molecule has 3 aromatic heterocycles. The molecule has 4 aromatic rings. The summed E-state index contributed by atoms with van der Waals surface area (Å²) in [4.78, 5) is 11.8. The SMILES string of the molecule is COc1ccc2c(c1)nc(N)n1nc([C@@H]3C[C@H](C)CN(c4cn([C@H](C)[C@@H](C)O)nc4C)C3)nc21. The Bertz CT molecular complexity index is 1340. The van der Waals surface area contributed by atoms with Crippen LogP contribution >= 0.6 is 0 Å². The van der Waals surface area contributed by atoms with Crippen LogP contribution in [0.4, 0.5) is 11.6 Å². The van der Waals surface area contributed by atoms with Crippen LogP contribution in [0.3, 0.4) is 0 Å². The number of anilines is 2. The fourth-order valence-corrected chi connectivity index (χ4v) is 4.87. The van der Waals surface area contributed by atoms with Crippen LogP contribution in [0.2, 0.25) is 0 Å². The first-order chi connectivity index (χ1) is 16.2. The number of benzene rings is 1. The van der Waals surface area contributed by atoms with Crippen molar-refractivity contribution in [1.82, 2.24) is 29.4 Å². The highest BCUT2D eigenvalue weighted by Gasteiger charge is 2.31. The van der Waals surface area contributed by atoms with Crippen LogP contribution in [-0.4, -0.2) is 60.8 Å². The summed E-state index contributed by atoms with van der Waals surface area (Å²) in [6.45, 7) is 9.76. The van der Waals surface area contributed by atoms with Gasteiger partial charge in [0.15, 0.2) is 11.5 Å². The summed E-state index contributed by atoms with van der Waals surface area (Å²) in [6, 6.07) is 5.62. The van der Waals surface area contributed by atoms with Gasteiger partial charge in [-0.2, -0.15) is 9.61 Å². The first-order valence-electron chi connectivity index (χ1n) is 11.7. The van der Waals surface area contributed by atoms with Crippen molar-refractivity contribution in [2.24, 2.45) is 5.92 Å². The Labute approximate surface area is 198 Å². The largest absolute Gasteiger partial charge is 0.497 e. The molecule has 1 aliphatic rings. The fourth-order valence-electron chi connectivity index (χ4n) is 4.87. The number of aromatic nitrogens is 6. The van der Waals surface area contributed by atoms with Crippen molar-refractivity contribution in [3.8, 4) is 5.75 Å². The Hall–Kier alpha value is -3.40. The number of nitrogens with two attached hydrogens (primary N) is 1. The van der Waals surface area contributed by atoms with Crippen molar-refractivity contribution >= 4 is 28.2 Å². The Balaban J connectivity index is 1.50. The average molecular weight is 465 g/mol. The molecule has 1 fully saturated rings. The third-order valence-electron chi connectivity index (χ3n) is 6.89. The molecular weight excluding hydrogens is 432 g/mol. The summed E-state index contributed by atoms with van der Waals surface area (Å²) in [5, 5.41) is 20.3. The monoisotopic (exact) mass is 464 g/mol. The molecule has 0 amide bonds. The van der Waals surface area contributed by atoms with Crippen molar-refractivity contribution in [3.63, 3.8) is 0 Å². The third-order valence-corrected chi connectivity index (χ3v) is 6.89. The van der Waals surface area contributed by atoms with E-state index >= 15 is 0 Å². The van der Waals surface area contributed by atoms with E-state index in [1.54, 1.807) is 18.5 Å². The van der Waals surface area contributed by atoms with Crippen molar-refractivity contribution < 1.29 is 9.84 Å². The summed E-state index contributed by atoms with van der Waals surface area (Å²) < 4.78 is 8.83. The van der Waals surface area contributed by atoms with E-state index in [0.717, 1.165) is 53.4 Å². The molecule has 10 heteroatoms. The Kier molecular flexibility index (Phi) is 5.55. The van der Waals surface area contributed by atoms with Gasteiger partial charge in [-0.1, -0.05) is 6.92 Å². The summed E-state index contributed by atoms with van der Waals surface area (Å²) in [5.74, 6) is 2.41. The lowest BCUT2D eigenvalue weighted by atomic mass is 9.89. The first-order valence-corrected chi connectivity index (χ1v) is 11.7. The number of fused-ring (bicyclic) bond motifs is 3. The van der Waals surface area contributed by atoms with Gasteiger partial charge in [0, 0.05) is 36.7 Å². The Morgan fingerprint density at radius 3 is 2.71 bits per heavy atom. The van der Waals surface area contributed by atoms with Crippen LogP contribution in [0.1, 0.15) is 50.7 Å². The summed E-state index contributed by atoms with van der Waals surface area (Å²) >= 11 is 0. The maximum Gasteiger partial charge on any atom is 0.223 e. The smallest absolute Gasteiger partial charge is 0.223 e. The van der Waals surface area contributed by atoms with Crippen LogP contribution in [0.25, 0.3) is 16.6 Å². The van der Waals surface area contributed by atoms with Crippen LogP contribution in [0.15, 0.2) is 24.4 Å². The number of aliphatic hydroxyl groups excluding tert-OH is 1. The number of hydrogen-bond donors (Lipinski definition) is 2. The van der Waals surface area contributed by atoms with Gasteiger partial charge in [0.1, 0.15) is 5.75 Å². The van der Waals surface area contributed by atoms with Crippen molar-refractivity contribution in [2.75, 3.05) is 30.8 Å². The number of piperidine rings is 1. The molecular formula is C24H32N8O2. The highest BCUT2D eigenvalue weighted by Crippen LogP contribution is 2.34. The number of methoxy groups -OCH3 is 1. The number of aryl methyl sites for hydroxylation is 1. The average Bonchev–Trinajstić information content (AvgIpc) is 3.42. The van der Waals surface area contributed by atoms with E-state index in [2.05, 4.69) is 21.9 Å². The van der Waals surface area contributed by atoms with Gasteiger partial charge in [0.05, 0.1) is 36.2 Å². The standard InChI is InChI=1S/C24H32N8O2/c1-13-8-17(11-30(10-13)21-12-31(28-14(21)2)15(3)16(4)33)22-27-23-19-7-6-18(34-5)9-20(19)26-24(25)32(23)29-22/h6-7,9,12-13,15-17,33H,8,10-11H2,1-5H3,(H2,25,26)/t13-,15+,16+,17+/m0/s1. The van der Waals surface area contributed by atoms with Gasteiger partial charge < -0.3 is 20.5 Å². The number of rotatable bonds is 5. The number of nitrogen functional groups attached to an aromatic ring is 1. The van der Waals surface area contributed by atoms with Crippen LogP contribution in [-0.2, 0) is 0 Å². The third kappa shape index (κ3) is 3.81. The molecule has 34 heavy (non-hydrogen) atoms. The van der Waals surface area contributed by atoms with Crippen molar-refractivity contribution in [2.45, 2.75) is 52.2 Å². The summed E-state index contributed by atoms with van der Waals surface area (Å²) in [6.07, 6.45) is 2.56. The Morgan fingerprint density at radius 1 is 1.18 bits per heavy atom. The molecule has 0 spiro atoms. The topological polar surface area (TPSA) is 120 Å². The lowest BCUT2D eigenvalue weighted by molar-refractivity contribution is 0.132. The zero-order chi connectivity index (χ0) is 24.1. The van der Waals surface area contributed by atoms with E-state index in [4.69, 9.17) is 20.6 Å². The molecule has 3 N–H and O–H groups in total. The molecule has 0 saturated carbocycles. The number of aliphatic hydroxyl groups is 1. The molecule has 5 rings (SSSR count). The van der Waals surface area contributed by atoms with Crippen molar-refractivity contribution in [1.29, 1.82) is 0 Å². The maximum atomic E-state index is 10.00. The quantitative estimate of drug-likeness (QED) is 0.463. The van der Waals surface area contributed by atoms with Gasteiger partial charge in [0.2, 0.25) is 5.95 Å². The Morgan fingerprint density at radius 2 is 1.97 bits per heavy atom. The minimum Gasteiger partial charge on any atom is -0.497 e. The number of nitrogens with zero attached hydrogens (tertiary/aromatic N) is 7. The fraction of sp³-hybridized carbons (Fsp3) is 0.500. The number of ether oxygens (including phenoxy) is 1. The molecule has 0 aliphatic carbocycles. The van der Waals surface area contributed by atoms with E-state index in [1.165, 1.54) is 0 Å². The van der Waals surface area contributed by atoms with Gasteiger partial charge in [-0.05, 0) is 45.2 Å². The second-order valence-electron chi connectivity index (χ2n) is 9.56. The second kappa shape index (κ2) is 8.43.